The van der Waals surface area contributed by atoms with Crippen molar-refractivity contribution in [3.8, 4) is 28.4 Å². The Morgan fingerprint density at radius 2 is 1.85 bits per heavy atom. The predicted octanol–water partition coefficient (Wildman–Crippen LogP) is 7.19. The van der Waals surface area contributed by atoms with Gasteiger partial charge in [-0.2, -0.15) is 0 Å². The molecule has 3 aromatic carbocycles. The molecule has 39 heavy (non-hydrogen) atoms. The van der Waals surface area contributed by atoms with Crippen LogP contribution in [-0.4, -0.2) is 41.7 Å². The van der Waals surface area contributed by atoms with Crippen LogP contribution in [0.2, 0.25) is 0 Å². The summed E-state index contributed by atoms with van der Waals surface area (Å²) in [6.45, 7) is 11.0. The van der Waals surface area contributed by atoms with E-state index in [0.29, 0.717) is 35.9 Å². The van der Waals surface area contributed by atoms with Gasteiger partial charge in [-0.3, -0.25) is 4.79 Å². The highest BCUT2D eigenvalue weighted by Gasteiger charge is 2.34. The van der Waals surface area contributed by atoms with Gasteiger partial charge in [-0.25, -0.2) is 4.39 Å². The predicted molar refractivity (Wildman–Crippen MR) is 154 cm³/mol. The molecule has 0 aliphatic carbocycles. The molecule has 0 bridgehead atoms. The molecular formula is C32H33FN2O4. The zero-order valence-electron chi connectivity index (χ0n) is 23.1. The molecule has 0 aromatic heterocycles. The van der Waals surface area contributed by atoms with Crippen LogP contribution in [0, 0.1) is 5.82 Å². The standard InChI is InChI=1S/C32H33FN2O4/c1-7-35(8-2)31(37)19-10-9-11-22(33)21(19)16-26-28-20(29-25(39-26)15-14-24(36)30(29)38-6)12-13-23-27(28)18(3)17-32(4,5)34-23/h9-17,34,36H,7-8H2,1-6H3. The van der Waals surface area contributed by atoms with Crippen molar-refractivity contribution in [2.45, 2.75) is 40.2 Å². The van der Waals surface area contributed by atoms with Crippen molar-refractivity contribution in [1.29, 1.82) is 0 Å². The first-order valence-corrected chi connectivity index (χ1v) is 13.1. The highest BCUT2D eigenvalue weighted by molar-refractivity contribution is 6.04. The molecule has 0 saturated heterocycles. The number of amides is 1. The molecule has 0 spiro atoms. The Balaban J connectivity index is 1.82. The zero-order valence-corrected chi connectivity index (χ0v) is 23.1. The van der Waals surface area contributed by atoms with E-state index >= 15 is 4.39 Å². The molecule has 7 heteroatoms. The van der Waals surface area contributed by atoms with Gasteiger partial charge in [0.25, 0.3) is 5.91 Å². The van der Waals surface area contributed by atoms with Crippen molar-refractivity contribution in [3.63, 3.8) is 0 Å². The maximum Gasteiger partial charge on any atom is 0.254 e. The number of rotatable bonds is 5. The van der Waals surface area contributed by atoms with E-state index in [4.69, 9.17) is 9.47 Å². The van der Waals surface area contributed by atoms with Gasteiger partial charge in [-0.15, -0.1) is 0 Å². The van der Waals surface area contributed by atoms with E-state index in [1.165, 1.54) is 19.2 Å². The average Bonchev–Trinajstić information content (AvgIpc) is 2.89. The quantitative estimate of drug-likeness (QED) is 0.367. The first-order valence-electron chi connectivity index (χ1n) is 13.1. The molecule has 0 atom stereocenters. The van der Waals surface area contributed by atoms with Crippen molar-refractivity contribution in [2.75, 3.05) is 25.5 Å². The Hall–Kier alpha value is -4.26. The van der Waals surface area contributed by atoms with Crippen molar-refractivity contribution < 1.29 is 23.8 Å². The summed E-state index contributed by atoms with van der Waals surface area (Å²) in [6.07, 6.45) is 3.75. The van der Waals surface area contributed by atoms with Gasteiger partial charge in [-0.05, 0) is 76.6 Å². The lowest BCUT2D eigenvalue weighted by molar-refractivity contribution is 0.0772. The van der Waals surface area contributed by atoms with Gasteiger partial charge in [0.05, 0.1) is 18.2 Å². The van der Waals surface area contributed by atoms with Crippen LogP contribution in [0.25, 0.3) is 28.5 Å². The molecule has 2 N–H and O–H groups in total. The Morgan fingerprint density at radius 1 is 1.10 bits per heavy atom. The summed E-state index contributed by atoms with van der Waals surface area (Å²) in [5.41, 5.74) is 5.10. The number of nitrogens with one attached hydrogen (secondary N) is 1. The second kappa shape index (κ2) is 9.80. The van der Waals surface area contributed by atoms with E-state index in [1.54, 1.807) is 29.2 Å². The smallest absolute Gasteiger partial charge is 0.254 e. The number of phenols is 1. The molecule has 0 unspecified atom stereocenters. The number of hydrogen-bond donors (Lipinski definition) is 2. The molecule has 2 aliphatic heterocycles. The third-order valence-electron chi connectivity index (χ3n) is 7.28. The number of methoxy groups -OCH3 is 1. The minimum Gasteiger partial charge on any atom is -0.504 e. The van der Waals surface area contributed by atoms with E-state index in [9.17, 15) is 9.90 Å². The summed E-state index contributed by atoms with van der Waals surface area (Å²) in [7, 11) is 1.50. The van der Waals surface area contributed by atoms with Crippen LogP contribution in [0.4, 0.5) is 10.1 Å². The van der Waals surface area contributed by atoms with Gasteiger partial charge in [0, 0.05) is 46.6 Å². The summed E-state index contributed by atoms with van der Waals surface area (Å²) < 4.78 is 27.5. The van der Waals surface area contributed by atoms with E-state index in [-0.39, 0.29) is 28.3 Å². The second-order valence-corrected chi connectivity index (χ2v) is 10.4. The summed E-state index contributed by atoms with van der Waals surface area (Å²) >= 11 is 0. The van der Waals surface area contributed by atoms with Gasteiger partial charge < -0.3 is 24.8 Å². The fourth-order valence-electron chi connectivity index (χ4n) is 5.63. The van der Waals surface area contributed by atoms with Crippen molar-refractivity contribution in [1.82, 2.24) is 4.90 Å². The van der Waals surface area contributed by atoms with Crippen molar-refractivity contribution >= 4 is 29.0 Å². The molecule has 0 radical (unpaired) electrons. The summed E-state index contributed by atoms with van der Waals surface area (Å²) in [5, 5.41) is 14.1. The molecule has 0 fully saturated rings. The molecule has 2 heterocycles. The van der Waals surface area contributed by atoms with Crippen LogP contribution in [0.5, 0.6) is 17.2 Å². The largest absolute Gasteiger partial charge is 0.504 e. The minimum atomic E-state index is -0.518. The average molecular weight is 529 g/mol. The number of ether oxygens (including phenoxy) is 2. The molecular weight excluding hydrogens is 495 g/mol. The SMILES string of the molecule is CCN(CC)C(=O)c1cccc(F)c1C=C1Oc2ccc(O)c(OC)c2-c2ccc3c(c21)C(C)=CC(C)(C)N3. The lowest BCUT2D eigenvalue weighted by Gasteiger charge is -2.35. The Morgan fingerprint density at radius 3 is 2.54 bits per heavy atom. The summed E-state index contributed by atoms with van der Waals surface area (Å²) in [6, 6.07) is 11.7. The Kier molecular flexibility index (Phi) is 6.62. The van der Waals surface area contributed by atoms with Crippen LogP contribution >= 0.6 is 0 Å². The first-order chi connectivity index (χ1) is 18.6. The maximum absolute atomic E-state index is 15.5. The maximum atomic E-state index is 15.5. The number of carbonyl (C=O) groups is 1. The highest BCUT2D eigenvalue weighted by atomic mass is 19.1. The van der Waals surface area contributed by atoms with Gasteiger partial charge in [0.2, 0.25) is 0 Å². The van der Waals surface area contributed by atoms with Crippen molar-refractivity contribution in [3.05, 3.63) is 76.6 Å². The van der Waals surface area contributed by atoms with E-state index in [1.807, 2.05) is 32.9 Å². The van der Waals surface area contributed by atoms with E-state index in [2.05, 4.69) is 25.2 Å². The van der Waals surface area contributed by atoms with Gasteiger partial charge >= 0.3 is 0 Å². The van der Waals surface area contributed by atoms with Crippen molar-refractivity contribution in [2.24, 2.45) is 0 Å². The number of benzene rings is 3. The number of allylic oxidation sites excluding steroid dienone is 1. The topological polar surface area (TPSA) is 71.0 Å². The highest BCUT2D eigenvalue weighted by Crippen LogP contribution is 2.54. The van der Waals surface area contributed by atoms with Crippen LogP contribution in [0.15, 0.2) is 48.5 Å². The van der Waals surface area contributed by atoms with Crippen LogP contribution in [0.1, 0.15) is 61.7 Å². The number of halogens is 1. The van der Waals surface area contributed by atoms with Gasteiger partial charge in [0.1, 0.15) is 17.3 Å². The molecule has 3 aromatic rings. The Labute approximate surface area is 228 Å². The normalized spacial score (nSPS) is 15.8. The monoisotopic (exact) mass is 528 g/mol. The van der Waals surface area contributed by atoms with Crippen LogP contribution in [0.3, 0.4) is 0 Å². The van der Waals surface area contributed by atoms with Crippen LogP contribution < -0.4 is 14.8 Å². The number of aromatic hydroxyl groups is 1. The molecule has 0 saturated carbocycles. The fourth-order valence-corrected chi connectivity index (χ4v) is 5.63. The first kappa shape index (κ1) is 26.4. The number of fused-ring (bicyclic) bond motifs is 5. The lowest BCUT2D eigenvalue weighted by atomic mass is 9.82. The van der Waals surface area contributed by atoms with Crippen LogP contribution in [-0.2, 0) is 0 Å². The lowest BCUT2D eigenvalue weighted by Crippen LogP contribution is -2.32. The second-order valence-electron chi connectivity index (χ2n) is 10.4. The third kappa shape index (κ3) is 4.42. The molecule has 1 amide bonds. The molecule has 2 aliphatic rings. The molecule has 6 nitrogen and oxygen atoms in total. The Bertz CT molecular complexity index is 1550. The third-order valence-corrected chi connectivity index (χ3v) is 7.28. The van der Waals surface area contributed by atoms with E-state index < -0.39 is 5.82 Å². The van der Waals surface area contributed by atoms with E-state index in [0.717, 1.165) is 28.0 Å². The number of hydrogen-bond acceptors (Lipinski definition) is 5. The summed E-state index contributed by atoms with van der Waals surface area (Å²) in [4.78, 5) is 15.0. The molecule has 202 valence electrons. The van der Waals surface area contributed by atoms with Gasteiger partial charge in [-0.1, -0.05) is 18.2 Å². The minimum absolute atomic E-state index is 0.0105. The van der Waals surface area contributed by atoms with Gasteiger partial charge in [0.15, 0.2) is 11.5 Å². The number of nitrogens with zero attached hydrogens (tertiary/aromatic N) is 1. The number of phenolic OH excluding ortho intramolecular Hbond substituents is 1. The zero-order chi connectivity index (χ0) is 28.1. The molecule has 5 rings (SSSR count). The number of anilines is 1. The summed E-state index contributed by atoms with van der Waals surface area (Å²) in [5.74, 6) is 0.377. The number of carbonyl (C=O) groups excluding carboxylic acids is 1. The fraction of sp³-hybridized carbons (Fsp3) is 0.281.